The summed E-state index contributed by atoms with van der Waals surface area (Å²) in [7, 11) is 1.64. The zero-order valence-corrected chi connectivity index (χ0v) is 12.8. The Kier molecular flexibility index (Phi) is 8.25. The Hall–Kier alpha value is -1.11. The first-order chi connectivity index (χ1) is 9.70. The highest BCUT2D eigenvalue weighted by molar-refractivity contribution is 6.32. The van der Waals surface area contributed by atoms with Crippen LogP contribution in [0.5, 0.6) is 0 Å². The molecule has 0 fully saturated rings. The molecule has 0 spiro atoms. The van der Waals surface area contributed by atoms with Gasteiger partial charge in [-0.25, -0.2) is 4.68 Å². The second kappa shape index (κ2) is 9.74. The number of aryl methyl sites for hydroxylation is 1. The van der Waals surface area contributed by atoms with Gasteiger partial charge in [-0.1, -0.05) is 18.5 Å². The molecule has 1 aromatic heterocycles. The van der Waals surface area contributed by atoms with Crippen molar-refractivity contribution < 1.29 is 9.47 Å². The van der Waals surface area contributed by atoms with E-state index in [0.29, 0.717) is 38.6 Å². The van der Waals surface area contributed by atoms with Crippen molar-refractivity contribution in [2.45, 2.75) is 26.3 Å². The summed E-state index contributed by atoms with van der Waals surface area (Å²) >= 11 is 6.03. The van der Waals surface area contributed by atoms with Gasteiger partial charge in [0.05, 0.1) is 25.1 Å². The average Bonchev–Trinajstić information content (AvgIpc) is 2.45. The third-order valence-corrected chi connectivity index (χ3v) is 3.00. The fraction of sp³-hybridized carbons (Fsp3) is 0.692. The molecule has 7 heteroatoms. The number of ether oxygens (including phenoxy) is 2. The number of methoxy groups -OCH3 is 1. The number of hydrogen-bond donors (Lipinski definition) is 1. The first kappa shape index (κ1) is 16.9. The number of hydrogen-bond acceptors (Lipinski definition) is 5. The van der Waals surface area contributed by atoms with Gasteiger partial charge in [0.1, 0.15) is 5.02 Å². The van der Waals surface area contributed by atoms with Gasteiger partial charge in [-0.2, -0.15) is 5.10 Å². The number of rotatable bonds is 10. The Labute approximate surface area is 124 Å². The zero-order valence-electron chi connectivity index (χ0n) is 12.0. The molecular weight excluding hydrogens is 282 g/mol. The summed E-state index contributed by atoms with van der Waals surface area (Å²) in [6.45, 7) is 5.05. The minimum Gasteiger partial charge on any atom is -0.382 e. The van der Waals surface area contributed by atoms with Crippen molar-refractivity contribution in [3.63, 3.8) is 0 Å². The van der Waals surface area contributed by atoms with E-state index in [9.17, 15) is 4.79 Å². The van der Waals surface area contributed by atoms with Crippen LogP contribution in [-0.4, -0.2) is 43.3 Å². The monoisotopic (exact) mass is 303 g/mol. The summed E-state index contributed by atoms with van der Waals surface area (Å²) in [6, 6.07) is 0. The number of anilines is 1. The third-order valence-electron chi connectivity index (χ3n) is 2.63. The standard InChI is InChI=1S/C13H22ClN3O3/c1-3-6-17-13(18)12(14)11(10-16-17)15-5-4-7-20-9-8-19-2/h10,15H,3-9H2,1-2H3. The predicted octanol–water partition coefficient (Wildman–Crippen LogP) is 1.77. The van der Waals surface area contributed by atoms with Crippen LogP contribution in [0.25, 0.3) is 0 Å². The molecule has 0 aliphatic carbocycles. The molecule has 1 heterocycles. The lowest BCUT2D eigenvalue weighted by Gasteiger charge is -2.10. The summed E-state index contributed by atoms with van der Waals surface area (Å²) in [4.78, 5) is 11.9. The van der Waals surface area contributed by atoms with Gasteiger partial charge in [0.15, 0.2) is 0 Å². The lowest BCUT2D eigenvalue weighted by molar-refractivity contribution is 0.0705. The Morgan fingerprint density at radius 2 is 2.20 bits per heavy atom. The predicted molar refractivity (Wildman–Crippen MR) is 79.6 cm³/mol. The molecule has 1 aromatic rings. The second-order valence-electron chi connectivity index (χ2n) is 4.29. The first-order valence-electron chi connectivity index (χ1n) is 6.76. The fourth-order valence-corrected chi connectivity index (χ4v) is 1.81. The van der Waals surface area contributed by atoms with Crippen molar-refractivity contribution in [2.75, 3.05) is 38.8 Å². The van der Waals surface area contributed by atoms with E-state index in [1.165, 1.54) is 4.68 Å². The molecule has 6 nitrogen and oxygen atoms in total. The molecule has 0 saturated heterocycles. The summed E-state index contributed by atoms with van der Waals surface area (Å²) in [6.07, 6.45) is 3.25. The van der Waals surface area contributed by atoms with Crippen molar-refractivity contribution in [3.8, 4) is 0 Å². The largest absolute Gasteiger partial charge is 0.382 e. The topological polar surface area (TPSA) is 65.4 Å². The summed E-state index contributed by atoms with van der Waals surface area (Å²) < 4.78 is 11.6. The molecular formula is C13H22ClN3O3. The third kappa shape index (κ3) is 5.48. The van der Waals surface area contributed by atoms with Crippen LogP contribution in [0.4, 0.5) is 5.69 Å². The van der Waals surface area contributed by atoms with E-state index in [1.807, 2.05) is 6.92 Å². The highest BCUT2D eigenvalue weighted by atomic mass is 35.5. The molecule has 114 valence electrons. The Morgan fingerprint density at radius 1 is 1.40 bits per heavy atom. The summed E-state index contributed by atoms with van der Waals surface area (Å²) in [5.41, 5.74) is 0.316. The van der Waals surface area contributed by atoms with E-state index < -0.39 is 0 Å². The van der Waals surface area contributed by atoms with Gasteiger partial charge in [0.2, 0.25) is 0 Å². The van der Waals surface area contributed by atoms with E-state index >= 15 is 0 Å². The lowest BCUT2D eigenvalue weighted by atomic mass is 10.4. The number of halogens is 1. The molecule has 0 saturated carbocycles. The summed E-state index contributed by atoms with van der Waals surface area (Å²) in [5.74, 6) is 0. The molecule has 0 atom stereocenters. The molecule has 0 aliphatic rings. The van der Waals surface area contributed by atoms with E-state index in [1.54, 1.807) is 13.3 Å². The van der Waals surface area contributed by atoms with Crippen molar-refractivity contribution >= 4 is 17.3 Å². The maximum atomic E-state index is 11.9. The number of aromatic nitrogens is 2. The highest BCUT2D eigenvalue weighted by Crippen LogP contribution is 2.14. The van der Waals surface area contributed by atoms with Gasteiger partial charge in [0, 0.05) is 26.8 Å². The Balaban J connectivity index is 2.37. The van der Waals surface area contributed by atoms with E-state index in [-0.39, 0.29) is 10.6 Å². The van der Waals surface area contributed by atoms with Gasteiger partial charge >= 0.3 is 0 Å². The molecule has 0 amide bonds. The zero-order chi connectivity index (χ0) is 14.8. The van der Waals surface area contributed by atoms with Gasteiger partial charge in [0.25, 0.3) is 5.56 Å². The molecule has 0 bridgehead atoms. The van der Waals surface area contributed by atoms with Crippen LogP contribution in [0, 0.1) is 0 Å². The van der Waals surface area contributed by atoms with Crippen LogP contribution in [-0.2, 0) is 16.0 Å². The van der Waals surface area contributed by atoms with Crippen LogP contribution < -0.4 is 10.9 Å². The average molecular weight is 304 g/mol. The summed E-state index contributed by atoms with van der Waals surface area (Å²) in [5, 5.41) is 7.36. The Bertz CT molecular complexity index is 451. The lowest BCUT2D eigenvalue weighted by Crippen LogP contribution is -2.24. The van der Waals surface area contributed by atoms with Crippen LogP contribution in [0.3, 0.4) is 0 Å². The molecule has 1 rings (SSSR count). The molecule has 0 radical (unpaired) electrons. The Morgan fingerprint density at radius 3 is 2.90 bits per heavy atom. The molecule has 20 heavy (non-hydrogen) atoms. The van der Waals surface area contributed by atoms with Crippen molar-refractivity contribution in [1.29, 1.82) is 0 Å². The quantitative estimate of drug-likeness (QED) is 0.667. The SMILES string of the molecule is CCCn1ncc(NCCCOCCOC)c(Cl)c1=O. The maximum absolute atomic E-state index is 11.9. The molecule has 0 unspecified atom stereocenters. The minimum absolute atomic E-state index is 0.189. The van der Waals surface area contributed by atoms with Gasteiger partial charge < -0.3 is 14.8 Å². The van der Waals surface area contributed by atoms with E-state index in [2.05, 4.69) is 10.4 Å². The number of nitrogens with one attached hydrogen (secondary N) is 1. The van der Waals surface area contributed by atoms with Crippen LogP contribution in [0.2, 0.25) is 5.02 Å². The number of nitrogens with zero attached hydrogens (tertiary/aromatic N) is 2. The van der Waals surface area contributed by atoms with Gasteiger partial charge in [-0.15, -0.1) is 0 Å². The molecule has 1 N–H and O–H groups in total. The maximum Gasteiger partial charge on any atom is 0.287 e. The van der Waals surface area contributed by atoms with Gasteiger partial charge in [-0.3, -0.25) is 4.79 Å². The highest BCUT2D eigenvalue weighted by Gasteiger charge is 2.08. The normalized spacial score (nSPS) is 10.8. The molecule has 0 aliphatic heterocycles. The first-order valence-corrected chi connectivity index (χ1v) is 7.14. The van der Waals surface area contributed by atoms with Crippen LogP contribution in [0.15, 0.2) is 11.0 Å². The van der Waals surface area contributed by atoms with Crippen LogP contribution in [0.1, 0.15) is 19.8 Å². The van der Waals surface area contributed by atoms with E-state index in [0.717, 1.165) is 12.8 Å². The van der Waals surface area contributed by atoms with Crippen molar-refractivity contribution in [1.82, 2.24) is 9.78 Å². The second-order valence-corrected chi connectivity index (χ2v) is 4.66. The smallest absolute Gasteiger partial charge is 0.287 e. The van der Waals surface area contributed by atoms with E-state index in [4.69, 9.17) is 21.1 Å². The van der Waals surface area contributed by atoms with Crippen molar-refractivity contribution in [2.24, 2.45) is 0 Å². The van der Waals surface area contributed by atoms with Crippen LogP contribution >= 0.6 is 11.6 Å². The van der Waals surface area contributed by atoms with Gasteiger partial charge in [-0.05, 0) is 12.8 Å². The molecule has 0 aromatic carbocycles. The fourth-order valence-electron chi connectivity index (χ4n) is 1.60. The van der Waals surface area contributed by atoms with Crippen molar-refractivity contribution in [3.05, 3.63) is 21.6 Å². The minimum atomic E-state index is -0.255.